The molecule has 1 aromatic heterocycles. The lowest BCUT2D eigenvalue weighted by atomic mass is 9.94. The van der Waals surface area contributed by atoms with Crippen LogP contribution in [0, 0.1) is 0 Å². The second-order valence-corrected chi connectivity index (χ2v) is 5.32. The van der Waals surface area contributed by atoms with Gasteiger partial charge in [0, 0.05) is 12.7 Å². The fraction of sp³-hybridized carbons (Fsp3) is 0.294. The average Bonchev–Trinajstić information content (AvgIpc) is 2.55. The number of aromatic nitrogens is 1. The number of fused-ring (bicyclic) bond motifs is 1. The molecule has 0 bridgehead atoms. The molecule has 2 atom stereocenters. The molecule has 2 aromatic rings. The van der Waals surface area contributed by atoms with Gasteiger partial charge in [-0.3, -0.25) is 9.78 Å². The maximum absolute atomic E-state index is 12.5. The summed E-state index contributed by atoms with van der Waals surface area (Å²) in [6.45, 7) is 2.78. The van der Waals surface area contributed by atoms with Crippen LogP contribution in [0.4, 0.5) is 0 Å². The number of hydrogen-bond donors (Lipinski definition) is 2. The molecule has 0 saturated carbocycles. The minimum absolute atomic E-state index is 0.000281. The topological polar surface area (TPSA) is 54.0 Å². The molecule has 1 aliphatic rings. The highest BCUT2D eigenvalue weighted by atomic mass is 16.2. The first-order valence-corrected chi connectivity index (χ1v) is 7.28. The zero-order valence-electron chi connectivity index (χ0n) is 12.0. The van der Waals surface area contributed by atoms with E-state index in [-0.39, 0.29) is 18.0 Å². The Balaban J connectivity index is 1.75. The molecule has 1 aromatic carbocycles. The van der Waals surface area contributed by atoms with Crippen molar-refractivity contribution in [2.75, 3.05) is 6.54 Å². The monoisotopic (exact) mass is 281 g/mol. The summed E-state index contributed by atoms with van der Waals surface area (Å²) < 4.78 is 0. The Kier molecular flexibility index (Phi) is 3.97. The molecule has 0 saturated heterocycles. The molecular weight excluding hydrogens is 262 g/mol. The number of pyridine rings is 1. The minimum Gasteiger partial charge on any atom is -0.346 e. The smallest absolute Gasteiger partial charge is 0.242 e. The van der Waals surface area contributed by atoms with Gasteiger partial charge >= 0.3 is 0 Å². The predicted octanol–water partition coefficient (Wildman–Crippen LogP) is 2.15. The van der Waals surface area contributed by atoms with Gasteiger partial charge in [0.15, 0.2) is 0 Å². The Labute approximate surface area is 124 Å². The number of carbonyl (C=O) groups is 1. The summed E-state index contributed by atoms with van der Waals surface area (Å²) in [4.78, 5) is 16.8. The Hall–Kier alpha value is -2.20. The summed E-state index contributed by atoms with van der Waals surface area (Å²) >= 11 is 0. The predicted molar refractivity (Wildman–Crippen MR) is 81.7 cm³/mol. The van der Waals surface area contributed by atoms with Gasteiger partial charge in [0.2, 0.25) is 5.91 Å². The van der Waals surface area contributed by atoms with Crippen LogP contribution in [0.15, 0.2) is 48.7 Å². The van der Waals surface area contributed by atoms with Crippen molar-refractivity contribution in [2.45, 2.75) is 25.4 Å². The molecule has 3 rings (SSSR count). The molecule has 0 spiro atoms. The molecule has 0 radical (unpaired) electrons. The van der Waals surface area contributed by atoms with Crippen molar-refractivity contribution in [3.63, 3.8) is 0 Å². The van der Waals surface area contributed by atoms with Gasteiger partial charge in [-0.25, -0.2) is 0 Å². The summed E-state index contributed by atoms with van der Waals surface area (Å²) in [6.07, 6.45) is 2.71. The fourth-order valence-corrected chi connectivity index (χ4v) is 2.74. The number of nitrogens with zero attached hydrogens (tertiary/aromatic N) is 1. The van der Waals surface area contributed by atoms with Crippen molar-refractivity contribution >= 4 is 5.91 Å². The summed E-state index contributed by atoms with van der Waals surface area (Å²) in [7, 11) is 0. The number of hydrogen-bond acceptors (Lipinski definition) is 3. The van der Waals surface area contributed by atoms with Crippen LogP contribution in [0.3, 0.4) is 0 Å². The molecule has 4 nitrogen and oxygen atoms in total. The first-order chi connectivity index (χ1) is 10.3. The minimum atomic E-state index is -0.277. The second-order valence-electron chi connectivity index (χ2n) is 5.32. The van der Waals surface area contributed by atoms with Gasteiger partial charge in [0.05, 0.1) is 11.7 Å². The van der Waals surface area contributed by atoms with Gasteiger partial charge < -0.3 is 10.6 Å². The van der Waals surface area contributed by atoms with E-state index in [0.717, 1.165) is 24.2 Å². The Morgan fingerprint density at radius 1 is 1.29 bits per heavy atom. The molecule has 0 aliphatic carbocycles. The third kappa shape index (κ3) is 2.95. The van der Waals surface area contributed by atoms with Crippen LogP contribution in [0.2, 0.25) is 0 Å². The first-order valence-electron chi connectivity index (χ1n) is 7.28. The fourth-order valence-electron chi connectivity index (χ4n) is 2.74. The number of amides is 1. The van der Waals surface area contributed by atoms with E-state index in [1.54, 1.807) is 6.20 Å². The SMILES string of the molecule is C[C@H](NC(=O)C1NCCc2ccccc21)c1ccccn1. The Morgan fingerprint density at radius 2 is 2.10 bits per heavy atom. The van der Waals surface area contributed by atoms with E-state index in [1.165, 1.54) is 5.56 Å². The van der Waals surface area contributed by atoms with Crippen molar-refractivity contribution < 1.29 is 4.79 Å². The number of rotatable bonds is 3. The molecule has 21 heavy (non-hydrogen) atoms. The number of benzene rings is 1. The van der Waals surface area contributed by atoms with Crippen LogP contribution in [-0.4, -0.2) is 17.4 Å². The summed E-state index contributed by atoms with van der Waals surface area (Å²) in [5, 5.41) is 6.34. The van der Waals surface area contributed by atoms with E-state index >= 15 is 0 Å². The van der Waals surface area contributed by atoms with Crippen LogP contribution >= 0.6 is 0 Å². The second kappa shape index (κ2) is 6.06. The molecule has 4 heteroatoms. The van der Waals surface area contributed by atoms with Crippen LogP contribution in [0.1, 0.15) is 35.8 Å². The van der Waals surface area contributed by atoms with Gasteiger partial charge in [-0.15, -0.1) is 0 Å². The van der Waals surface area contributed by atoms with E-state index < -0.39 is 0 Å². The van der Waals surface area contributed by atoms with Crippen molar-refractivity contribution in [1.29, 1.82) is 0 Å². The molecule has 108 valence electrons. The Morgan fingerprint density at radius 3 is 2.90 bits per heavy atom. The van der Waals surface area contributed by atoms with E-state index in [9.17, 15) is 4.79 Å². The van der Waals surface area contributed by atoms with Crippen molar-refractivity contribution in [3.8, 4) is 0 Å². The molecule has 2 N–H and O–H groups in total. The van der Waals surface area contributed by atoms with Crippen LogP contribution < -0.4 is 10.6 Å². The normalized spacial score (nSPS) is 18.6. The van der Waals surface area contributed by atoms with Gasteiger partial charge in [-0.1, -0.05) is 30.3 Å². The summed E-state index contributed by atoms with van der Waals surface area (Å²) in [5.41, 5.74) is 3.20. The number of nitrogens with one attached hydrogen (secondary N) is 2. The van der Waals surface area contributed by atoms with E-state index in [4.69, 9.17) is 0 Å². The van der Waals surface area contributed by atoms with Gasteiger partial charge in [0.25, 0.3) is 0 Å². The first kappa shape index (κ1) is 13.8. The molecule has 0 fully saturated rings. The Bertz CT molecular complexity index is 627. The van der Waals surface area contributed by atoms with Crippen LogP contribution in [-0.2, 0) is 11.2 Å². The van der Waals surface area contributed by atoms with Gasteiger partial charge in [-0.05, 0) is 36.6 Å². The van der Waals surface area contributed by atoms with Crippen molar-refractivity contribution in [2.24, 2.45) is 0 Å². The van der Waals surface area contributed by atoms with Gasteiger partial charge in [-0.2, -0.15) is 0 Å². The zero-order chi connectivity index (χ0) is 14.7. The lowest BCUT2D eigenvalue weighted by Gasteiger charge is -2.27. The maximum atomic E-state index is 12.5. The van der Waals surface area contributed by atoms with Gasteiger partial charge in [0.1, 0.15) is 6.04 Å². The molecule has 1 aliphatic heterocycles. The standard InChI is InChI=1S/C17H19N3O/c1-12(15-8-4-5-10-18-15)20-17(21)16-14-7-3-2-6-13(14)9-11-19-16/h2-8,10,12,16,19H,9,11H2,1H3,(H,20,21)/t12-,16?/m0/s1. The van der Waals surface area contributed by atoms with Crippen molar-refractivity contribution in [1.82, 2.24) is 15.6 Å². The third-order valence-corrected chi connectivity index (χ3v) is 3.86. The van der Waals surface area contributed by atoms with Crippen LogP contribution in [0.25, 0.3) is 0 Å². The van der Waals surface area contributed by atoms with E-state index in [0.29, 0.717) is 0 Å². The number of carbonyl (C=O) groups excluding carboxylic acids is 1. The largest absolute Gasteiger partial charge is 0.346 e. The molecular formula is C17H19N3O. The highest BCUT2D eigenvalue weighted by molar-refractivity contribution is 5.84. The van der Waals surface area contributed by atoms with Crippen molar-refractivity contribution in [3.05, 3.63) is 65.5 Å². The lowest BCUT2D eigenvalue weighted by Crippen LogP contribution is -2.42. The third-order valence-electron chi connectivity index (χ3n) is 3.86. The molecule has 1 unspecified atom stereocenters. The summed E-state index contributed by atoms with van der Waals surface area (Å²) in [5.74, 6) is 0.000281. The van der Waals surface area contributed by atoms with Crippen LogP contribution in [0.5, 0.6) is 0 Å². The lowest BCUT2D eigenvalue weighted by molar-refractivity contribution is -0.124. The average molecular weight is 281 g/mol. The molecule has 2 heterocycles. The van der Waals surface area contributed by atoms with E-state index in [2.05, 4.69) is 21.7 Å². The molecule has 1 amide bonds. The highest BCUT2D eigenvalue weighted by Gasteiger charge is 2.26. The zero-order valence-corrected chi connectivity index (χ0v) is 12.0. The maximum Gasteiger partial charge on any atom is 0.242 e. The quantitative estimate of drug-likeness (QED) is 0.906. The highest BCUT2D eigenvalue weighted by Crippen LogP contribution is 2.23. The summed E-state index contributed by atoms with van der Waals surface area (Å²) in [6, 6.07) is 13.5. The van der Waals surface area contributed by atoms with E-state index in [1.807, 2.05) is 43.3 Å².